The molecule has 0 spiro atoms. The number of hydrogen-bond donors (Lipinski definition) is 2. The van der Waals surface area contributed by atoms with Crippen LogP contribution in [0.15, 0.2) is 6.20 Å². The number of nitrogens with zero attached hydrogens (tertiary/aromatic N) is 2. The van der Waals surface area contributed by atoms with E-state index in [2.05, 4.69) is 15.3 Å². The highest BCUT2D eigenvalue weighted by Crippen LogP contribution is 2.29. The average Bonchev–Trinajstić information content (AvgIpc) is 2.19. The van der Waals surface area contributed by atoms with Gasteiger partial charge in [-0.05, 0) is 27.7 Å². The first-order valence-corrected chi connectivity index (χ1v) is 5.62. The standard InChI is InChI=1S/C11H18ClN3O2/c1-10(2,11(3,4)16)15-8-7(12)6-13-9(14-8)17-5/h6,16H,1-5H3,(H,13,14,15). The van der Waals surface area contributed by atoms with E-state index in [4.69, 9.17) is 16.3 Å². The molecule has 0 atom stereocenters. The van der Waals surface area contributed by atoms with Crippen molar-refractivity contribution >= 4 is 17.4 Å². The van der Waals surface area contributed by atoms with Crippen LogP contribution in [0.4, 0.5) is 5.82 Å². The molecule has 96 valence electrons. The second-order valence-corrected chi connectivity index (χ2v) is 5.27. The lowest BCUT2D eigenvalue weighted by Gasteiger charge is -2.38. The highest BCUT2D eigenvalue weighted by molar-refractivity contribution is 6.32. The molecule has 0 fully saturated rings. The minimum absolute atomic E-state index is 0.225. The van der Waals surface area contributed by atoms with E-state index in [1.54, 1.807) is 13.8 Å². The van der Waals surface area contributed by atoms with Gasteiger partial charge in [0.1, 0.15) is 5.02 Å². The number of methoxy groups -OCH3 is 1. The summed E-state index contributed by atoms with van der Waals surface area (Å²) in [5.41, 5.74) is -1.54. The number of aliphatic hydroxyl groups is 1. The first-order valence-electron chi connectivity index (χ1n) is 5.24. The quantitative estimate of drug-likeness (QED) is 0.867. The first kappa shape index (κ1) is 14.0. The van der Waals surface area contributed by atoms with Gasteiger partial charge in [-0.1, -0.05) is 11.6 Å². The van der Waals surface area contributed by atoms with Gasteiger partial charge in [-0.25, -0.2) is 4.98 Å². The summed E-state index contributed by atoms with van der Waals surface area (Å²) in [4.78, 5) is 7.98. The highest BCUT2D eigenvalue weighted by Gasteiger charge is 2.35. The molecule has 0 saturated heterocycles. The van der Waals surface area contributed by atoms with Gasteiger partial charge in [-0.15, -0.1) is 0 Å². The Hall–Kier alpha value is -1.07. The van der Waals surface area contributed by atoms with Crippen molar-refractivity contribution in [2.24, 2.45) is 0 Å². The van der Waals surface area contributed by atoms with Crippen molar-refractivity contribution < 1.29 is 9.84 Å². The average molecular weight is 260 g/mol. The molecule has 0 aliphatic rings. The predicted octanol–water partition coefficient (Wildman–Crippen LogP) is 2.10. The molecule has 0 bridgehead atoms. The maximum atomic E-state index is 10.0. The molecule has 0 saturated carbocycles. The summed E-state index contributed by atoms with van der Waals surface area (Å²) in [6, 6.07) is 0.225. The molecule has 0 radical (unpaired) electrons. The van der Waals surface area contributed by atoms with Crippen LogP contribution in [0.25, 0.3) is 0 Å². The number of rotatable bonds is 4. The van der Waals surface area contributed by atoms with Crippen LogP contribution in [0, 0.1) is 0 Å². The minimum atomic E-state index is -0.936. The topological polar surface area (TPSA) is 67.3 Å². The summed E-state index contributed by atoms with van der Waals surface area (Å²) in [6.07, 6.45) is 1.45. The summed E-state index contributed by atoms with van der Waals surface area (Å²) in [5.74, 6) is 0.436. The molecule has 1 aromatic heterocycles. The van der Waals surface area contributed by atoms with Gasteiger partial charge in [0.2, 0.25) is 0 Å². The van der Waals surface area contributed by atoms with E-state index in [9.17, 15) is 5.11 Å². The Morgan fingerprint density at radius 1 is 1.35 bits per heavy atom. The smallest absolute Gasteiger partial charge is 0.318 e. The SMILES string of the molecule is COc1ncc(Cl)c(NC(C)(C)C(C)(C)O)n1. The molecular weight excluding hydrogens is 242 g/mol. The van der Waals surface area contributed by atoms with Crippen LogP contribution in [0.2, 0.25) is 5.02 Å². The largest absolute Gasteiger partial charge is 0.467 e. The maximum Gasteiger partial charge on any atom is 0.318 e. The Balaban J connectivity index is 3.02. The van der Waals surface area contributed by atoms with Crippen LogP contribution in [0.1, 0.15) is 27.7 Å². The highest BCUT2D eigenvalue weighted by atomic mass is 35.5. The fraction of sp³-hybridized carbons (Fsp3) is 0.636. The van der Waals surface area contributed by atoms with Crippen molar-refractivity contribution in [3.8, 4) is 6.01 Å². The third kappa shape index (κ3) is 3.20. The Morgan fingerprint density at radius 2 is 1.94 bits per heavy atom. The van der Waals surface area contributed by atoms with Gasteiger partial charge >= 0.3 is 6.01 Å². The monoisotopic (exact) mass is 259 g/mol. The second-order valence-electron chi connectivity index (χ2n) is 4.86. The van der Waals surface area contributed by atoms with E-state index >= 15 is 0 Å². The van der Waals surface area contributed by atoms with Crippen LogP contribution in [-0.4, -0.2) is 33.3 Å². The number of nitrogens with one attached hydrogen (secondary N) is 1. The molecule has 0 aromatic carbocycles. The van der Waals surface area contributed by atoms with Crippen LogP contribution in [0.5, 0.6) is 6.01 Å². The summed E-state index contributed by atoms with van der Waals surface area (Å²) in [5, 5.41) is 13.5. The van der Waals surface area contributed by atoms with E-state index in [0.717, 1.165) is 0 Å². The third-order valence-corrected chi connectivity index (χ3v) is 3.14. The van der Waals surface area contributed by atoms with Gasteiger partial charge in [-0.3, -0.25) is 0 Å². The van der Waals surface area contributed by atoms with E-state index in [-0.39, 0.29) is 6.01 Å². The third-order valence-electron chi connectivity index (χ3n) is 2.86. The summed E-state index contributed by atoms with van der Waals surface area (Å²) in [6.45, 7) is 7.15. The van der Waals surface area contributed by atoms with Crippen molar-refractivity contribution in [3.63, 3.8) is 0 Å². The second kappa shape index (κ2) is 4.66. The zero-order chi connectivity index (χ0) is 13.3. The predicted molar refractivity (Wildman–Crippen MR) is 67.6 cm³/mol. The van der Waals surface area contributed by atoms with Gasteiger partial charge in [0.25, 0.3) is 0 Å². The van der Waals surface area contributed by atoms with E-state index in [0.29, 0.717) is 10.8 Å². The van der Waals surface area contributed by atoms with Crippen molar-refractivity contribution in [2.75, 3.05) is 12.4 Å². The van der Waals surface area contributed by atoms with E-state index in [1.807, 2.05) is 13.8 Å². The molecule has 1 rings (SSSR count). The van der Waals surface area contributed by atoms with Crippen molar-refractivity contribution in [3.05, 3.63) is 11.2 Å². The molecule has 0 amide bonds. The zero-order valence-electron chi connectivity index (χ0n) is 10.7. The summed E-state index contributed by atoms with van der Waals surface area (Å²) in [7, 11) is 1.48. The Labute approximate surface area is 106 Å². The molecule has 6 heteroatoms. The Kier molecular flexibility index (Phi) is 3.84. The number of aromatic nitrogens is 2. The number of hydrogen-bond acceptors (Lipinski definition) is 5. The van der Waals surface area contributed by atoms with Crippen LogP contribution in [0.3, 0.4) is 0 Å². The number of ether oxygens (including phenoxy) is 1. The Morgan fingerprint density at radius 3 is 2.41 bits per heavy atom. The van der Waals surface area contributed by atoms with Gasteiger partial charge < -0.3 is 15.2 Å². The molecule has 0 aliphatic heterocycles. The molecule has 1 aromatic rings. The maximum absolute atomic E-state index is 10.0. The molecule has 0 unspecified atom stereocenters. The zero-order valence-corrected chi connectivity index (χ0v) is 11.5. The van der Waals surface area contributed by atoms with Gasteiger partial charge in [-0.2, -0.15) is 4.98 Å². The van der Waals surface area contributed by atoms with E-state index in [1.165, 1.54) is 13.3 Å². The van der Waals surface area contributed by atoms with Crippen molar-refractivity contribution in [2.45, 2.75) is 38.8 Å². The van der Waals surface area contributed by atoms with Crippen molar-refractivity contribution in [1.82, 2.24) is 9.97 Å². The summed E-state index contributed by atoms with van der Waals surface area (Å²) < 4.78 is 4.93. The van der Waals surface area contributed by atoms with Gasteiger partial charge in [0.15, 0.2) is 5.82 Å². The number of anilines is 1. The molecule has 1 heterocycles. The normalized spacial score (nSPS) is 12.4. The number of halogens is 1. The molecule has 5 nitrogen and oxygen atoms in total. The molecule has 2 N–H and O–H groups in total. The molecule has 17 heavy (non-hydrogen) atoms. The van der Waals surface area contributed by atoms with Gasteiger partial charge in [0, 0.05) is 0 Å². The first-order chi connectivity index (χ1) is 7.67. The van der Waals surface area contributed by atoms with Crippen LogP contribution in [-0.2, 0) is 0 Å². The lowest BCUT2D eigenvalue weighted by molar-refractivity contribution is 0.0238. The van der Waals surface area contributed by atoms with E-state index < -0.39 is 11.1 Å². The van der Waals surface area contributed by atoms with Crippen LogP contribution >= 0.6 is 11.6 Å². The fourth-order valence-corrected chi connectivity index (χ4v) is 1.12. The molecule has 0 aliphatic carbocycles. The van der Waals surface area contributed by atoms with Crippen molar-refractivity contribution in [1.29, 1.82) is 0 Å². The van der Waals surface area contributed by atoms with Gasteiger partial charge in [0.05, 0.1) is 24.4 Å². The lowest BCUT2D eigenvalue weighted by atomic mass is 9.86. The fourth-order valence-electron chi connectivity index (χ4n) is 0.986. The Bertz CT molecular complexity index is 402. The lowest BCUT2D eigenvalue weighted by Crippen LogP contribution is -2.51. The van der Waals surface area contributed by atoms with Crippen LogP contribution < -0.4 is 10.1 Å². The minimum Gasteiger partial charge on any atom is -0.467 e. The molecular formula is C11H18ClN3O2. The summed E-state index contributed by atoms with van der Waals surface area (Å²) >= 11 is 5.98.